The number of rotatable bonds is 7. The van der Waals surface area contributed by atoms with Crippen molar-refractivity contribution in [1.82, 2.24) is 0 Å². The largest absolute Gasteiger partial charge is 0.461 e. The van der Waals surface area contributed by atoms with Gasteiger partial charge in [0, 0.05) is 18.8 Å². The van der Waals surface area contributed by atoms with Crippen molar-refractivity contribution in [2.45, 2.75) is 70.8 Å². The standard InChI is InChI=1S/C22H34NO4/c1-3-4-5-10-18-12-13-19(22(25)27-18)21(24)26-16-17-9-8-15-23(2)14-7-6-11-20(17)23/h12-13,17,20H,3-11,14-16H2,1-2H3/q+1/t17-,20+,23+/m1/s1. The van der Waals surface area contributed by atoms with Gasteiger partial charge >= 0.3 is 11.6 Å². The first-order valence-corrected chi connectivity index (χ1v) is 10.7. The zero-order chi connectivity index (χ0) is 19.3. The fourth-order valence-electron chi connectivity index (χ4n) is 4.98. The minimum Gasteiger partial charge on any atom is -0.461 e. The number of carbonyl (C=O) groups is 1. The topological polar surface area (TPSA) is 56.5 Å². The molecule has 3 rings (SSSR count). The van der Waals surface area contributed by atoms with Crippen molar-refractivity contribution in [3.05, 3.63) is 33.9 Å². The maximum atomic E-state index is 12.4. The number of hydrogen-bond donors (Lipinski definition) is 0. The van der Waals surface area contributed by atoms with Crippen molar-refractivity contribution in [1.29, 1.82) is 0 Å². The van der Waals surface area contributed by atoms with E-state index >= 15 is 0 Å². The molecule has 5 heteroatoms. The molecule has 5 nitrogen and oxygen atoms in total. The lowest BCUT2D eigenvalue weighted by molar-refractivity contribution is -0.947. The predicted octanol–water partition coefficient (Wildman–Crippen LogP) is 3.94. The van der Waals surface area contributed by atoms with E-state index in [-0.39, 0.29) is 5.56 Å². The molecule has 3 heterocycles. The maximum Gasteiger partial charge on any atom is 0.350 e. The molecular weight excluding hydrogens is 342 g/mol. The van der Waals surface area contributed by atoms with Crippen LogP contribution in [0.3, 0.4) is 0 Å². The van der Waals surface area contributed by atoms with Gasteiger partial charge in [-0.1, -0.05) is 19.8 Å². The molecule has 0 unspecified atom stereocenters. The normalized spacial score (nSPS) is 27.8. The van der Waals surface area contributed by atoms with E-state index < -0.39 is 11.6 Å². The Balaban J connectivity index is 1.58. The molecule has 27 heavy (non-hydrogen) atoms. The molecule has 1 aromatic heterocycles. The van der Waals surface area contributed by atoms with Gasteiger partial charge in [0.25, 0.3) is 0 Å². The summed E-state index contributed by atoms with van der Waals surface area (Å²) in [5.74, 6) is 0.500. The second-order valence-electron chi connectivity index (χ2n) is 8.55. The van der Waals surface area contributed by atoms with Gasteiger partial charge in [0.15, 0.2) is 0 Å². The molecule has 0 radical (unpaired) electrons. The van der Waals surface area contributed by atoms with Gasteiger partial charge in [-0.05, 0) is 44.2 Å². The van der Waals surface area contributed by atoms with Gasteiger partial charge in [0.2, 0.25) is 0 Å². The first-order chi connectivity index (χ1) is 13.0. The molecule has 0 N–H and O–H groups in total. The number of unbranched alkanes of at least 4 members (excludes halogenated alkanes) is 2. The second kappa shape index (κ2) is 9.05. The summed E-state index contributed by atoms with van der Waals surface area (Å²) in [6.45, 7) is 5.02. The summed E-state index contributed by atoms with van der Waals surface area (Å²) >= 11 is 0. The summed E-state index contributed by atoms with van der Waals surface area (Å²) in [4.78, 5) is 24.6. The third-order valence-corrected chi connectivity index (χ3v) is 6.56. The lowest BCUT2D eigenvalue weighted by Crippen LogP contribution is -2.61. The molecule has 0 amide bonds. The zero-order valence-electron chi connectivity index (χ0n) is 16.9. The first kappa shape index (κ1) is 20.1. The van der Waals surface area contributed by atoms with Crippen molar-refractivity contribution in [2.24, 2.45) is 5.92 Å². The third kappa shape index (κ3) is 4.81. The molecule has 2 aliphatic rings. The van der Waals surface area contributed by atoms with Crippen molar-refractivity contribution < 1.29 is 18.4 Å². The van der Waals surface area contributed by atoms with Crippen molar-refractivity contribution in [3.8, 4) is 0 Å². The predicted molar refractivity (Wildman–Crippen MR) is 105 cm³/mol. The molecule has 1 aromatic rings. The van der Waals surface area contributed by atoms with Crippen LogP contribution in [0.15, 0.2) is 21.3 Å². The van der Waals surface area contributed by atoms with Crippen LogP contribution in [-0.4, -0.2) is 43.2 Å². The van der Waals surface area contributed by atoms with Gasteiger partial charge in [-0.3, -0.25) is 0 Å². The zero-order valence-corrected chi connectivity index (χ0v) is 16.9. The number of carbonyl (C=O) groups excluding carboxylic acids is 1. The minimum atomic E-state index is -0.573. The fraction of sp³-hybridized carbons (Fsp3) is 0.727. The highest BCUT2D eigenvalue weighted by Crippen LogP contribution is 2.36. The number of quaternary nitrogens is 1. The van der Waals surface area contributed by atoms with E-state index in [0.29, 0.717) is 24.3 Å². The van der Waals surface area contributed by atoms with Gasteiger partial charge in [-0.15, -0.1) is 0 Å². The minimum absolute atomic E-state index is 0.0194. The van der Waals surface area contributed by atoms with Crippen LogP contribution >= 0.6 is 0 Å². The summed E-state index contributed by atoms with van der Waals surface area (Å²) in [5, 5.41) is 0. The smallest absolute Gasteiger partial charge is 0.350 e. The van der Waals surface area contributed by atoms with Gasteiger partial charge < -0.3 is 13.6 Å². The molecule has 2 saturated heterocycles. The Morgan fingerprint density at radius 2 is 2.00 bits per heavy atom. The first-order valence-electron chi connectivity index (χ1n) is 10.7. The summed E-state index contributed by atoms with van der Waals surface area (Å²) < 4.78 is 12.0. The van der Waals surface area contributed by atoms with Gasteiger partial charge in [-0.2, -0.15) is 0 Å². The number of nitrogens with zero attached hydrogens (tertiary/aromatic N) is 1. The molecule has 0 spiro atoms. The molecule has 3 atom stereocenters. The number of esters is 1. The Bertz CT molecular complexity index is 694. The highest BCUT2D eigenvalue weighted by Gasteiger charge is 2.43. The van der Waals surface area contributed by atoms with E-state index in [1.165, 1.54) is 38.8 Å². The van der Waals surface area contributed by atoms with Crippen LogP contribution in [0.5, 0.6) is 0 Å². The quantitative estimate of drug-likeness (QED) is 0.411. The Hall–Kier alpha value is -1.62. The van der Waals surface area contributed by atoms with Crippen LogP contribution in [-0.2, 0) is 11.2 Å². The van der Waals surface area contributed by atoms with Crippen molar-refractivity contribution in [2.75, 3.05) is 26.7 Å². The summed E-state index contributed by atoms with van der Waals surface area (Å²) in [7, 11) is 2.35. The number of ether oxygens (including phenoxy) is 1. The molecule has 0 bridgehead atoms. The molecule has 2 fully saturated rings. The highest BCUT2D eigenvalue weighted by molar-refractivity contribution is 5.88. The highest BCUT2D eigenvalue weighted by atomic mass is 16.5. The Labute approximate surface area is 162 Å². The summed E-state index contributed by atoms with van der Waals surface area (Å²) in [5.41, 5.74) is -0.554. The Kier molecular flexibility index (Phi) is 6.74. The second-order valence-corrected chi connectivity index (χ2v) is 8.55. The summed E-state index contributed by atoms with van der Waals surface area (Å²) in [6, 6.07) is 3.89. The molecule has 2 aliphatic heterocycles. The Morgan fingerprint density at radius 1 is 1.19 bits per heavy atom. The van der Waals surface area contributed by atoms with E-state index in [2.05, 4.69) is 14.0 Å². The maximum absolute atomic E-state index is 12.4. The number of hydrogen-bond acceptors (Lipinski definition) is 4. The Morgan fingerprint density at radius 3 is 2.78 bits per heavy atom. The van der Waals surface area contributed by atoms with E-state index in [1.54, 1.807) is 12.1 Å². The van der Waals surface area contributed by atoms with Crippen LogP contribution in [0.1, 0.15) is 74.4 Å². The third-order valence-electron chi connectivity index (χ3n) is 6.56. The fourth-order valence-corrected chi connectivity index (χ4v) is 4.98. The molecular formula is C22H34NO4+. The average molecular weight is 377 g/mol. The molecule has 0 aliphatic carbocycles. The van der Waals surface area contributed by atoms with Crippen molar-refractivity contribution >= 4 is 5.97 Å². The van der Waals surface area contributed by atoms with E-state index in [4.69, 9.17) is 9.15 Å². The monoisotopic (exact) mass is 376 g/mol. The van der Waals surface area contributed by atoms with Crippen LogP contribution in [0.25, 0.3) is 0 Å². The van der Waals surface area contributed by atoms with E-state index in [0.717, 1.165) is 36.6 Å². The molecule has 0 aromatic carbocycles. The van der Waals surface area contributed by atoms with Gasteiger partial charge in [0.1, 0.15) is 17.9 Å². The average Bonchev–Trinajstić information content (AvgIpc) is 2.66. The van der Waals surface area contributed by atoms with E-state index in [1.807, 2.05) is 0 Å². The van der Waals surface area contributed by atoms with Crippen LogP contribution in [0.2, 0.25) is 0 Å². The van der Waals surface area contributed by atoms with Crippen LogP contribution in [0.4, 0.5) is 0 Å². The van der Waals surface area contributed by atoms with Crippen molar-refractivity contribution in [3.63, 3.8) is 0 Å². The SMILES string of the molecule is CCCCCc1ccc(C(=O)OC[C@H]2CCC[N@+]3(C)CCCC[C@@H]23)c(=O)o1. The van der Waals surface area contributed by atoms with E-state index in [9.17, 15) is 9.59 Å². The molecule has 0 saturated carbocycles. The van der Waals surface area contributed by atoms with Crippen LogP contribution in [0, 0.1) is 5.92 Å². The summed E-state index contributed by atoms with van der Waals surface area (Å²) in [6.07, 6.45) is 10.0. The van der Waals surface area contributed by atoms with Gasteiger partial charge in [0.05, 0.1) is 26.2 Å². The molecule has 150 valence electrons. The van der Waals surface area contributed by atoms with Gasteiger partial charge in [-0.25, -0.2) is 9.59 Å². The van der Waals surface area contributed by atoms with Crippen LogP contribution < -0.4 is 5.63 Å². The lowest BCUT2D eigenvalue weighted by atomic mass is 9.82. The number of piperidine rings is 2. The number of fused-ring (bicyclic) bond motifs is 1. The number of aryl methyl sites for hydroxylation is 1. The lowest BCUT2D eigenvalue weighted by Gasteiger charge is -2.51.